The number of rotatable bonds is 2. The second-order valence-electron chi connectivity index (χ2n) is 4.07. The SMILES string of the molecule is N#Cc1cc(Cl)cc(N2CC(CS)CC2=O)c1. The average Bonchev–Trinajstić information content (AvgIpc) is 2.69. The summed E-state index contributed by atoms with van der Waals surface area (Å²) in [6, 6.07) is 7.01. The van der Waals surface area contributed by atoms with Crippen LogP contribution in [0.5, 0.6) is 0 Å². The number of halogens is 1. The number of hydrogen-bond acceptors (Lipinski definition) is 3. The second kappa shape index (κ2) is 4.99. The Hall–Kier alpha value is -1.18. The van der Waals surface area contributed by atoms with Crippen LogP contribution in [0, 0.1) is 17.2 Å². The van der Waals surface area contributed by atoms with E-state index >= 15 is 0 Å². The maximum atomic E-state index is 11.8. The molecule has 5 heteroatoms. The Kier molecular flexibility index (Phi) is 3.60. The van der Waals surface area contributed by atoms with Gasteiger partial charge in [-0.25, -0.2) is 0 Å². The van der Waals surface area contributed by atoms with Crippen molar-refractivity contribution in [2.45, 2.75) is 6.42 Å². The van der Waals surface area contributed by atoms with Crippen molar-refractivity contribution in [2.75, 3.05) is 17.2 Å². The molecule has 0 saturated carbocycles. The van der Waals surface area contributed by atoms with E-state index in [1.165, 1.54) is 0 Å². The molecule has 0 spiro atoms. The number of carbonyl (C=O) groups excluding carboxylic acids is 1. The molecule has 88 valence electrons. The van der Waals surface area contributed by atoms with Crippen molar-refractivity contribution in [3.05, 3.63) is 28.8 Å². The van der Waals surface area contributed by atoms with Crippen LogP contribution < -0.4 is 4.90 Å². The van der Waals surface area contributed by atoms with Crippen LogP contribution in [-0.4, -0.2) is 18.2 Å². The van der Waals surface area contributed by atoms with Crippen LogP contribution in [0.15, 0.2) is 18.2 Å². The quantitative estimate of drug-likeness (QED) is 0.836. The van der Waals surface area contributed by atoms with Gasteiger partial charge < -0.3 is 4.90 Å². The molecule has 1 aromatic carbocycles. The molecular weight excluding hydrogens is 256 g/mol. The lowest BCUT2D eigenvalue weighted by Gasteiger charge is -2.17. The number of nitrogens with zero attached hydrogens (tertiary/aromatic N) is 2. The molecule has 1 atom stereocenters. The third-order valence-electron chi connectivity index (χ3n) is 2.79. The highest BCUT2D eigenvalue weighted by Crippen LogP contribution is 2.28. The Bertz CT molecular complexity index is 498. The molecule has 0 aromatic heterocycles. The Morgan fingerprint density at radius 1 is 1.53 bits per heavy atom. The minimum Gasteiger partial charge on any atom is -0.312 e. The van der Waals surface area contributed by atoms with Gasteiger partial charge in [-0.2, -0.15) is 17.9 Å². The van der Waals surface area contributed by atoms with Crippen molar-refractivity contribution < 1.29 is 4.79 Å². The highest BCUT2D eigenvalue weighted by molar-refractivity contribution is 7.80. The molecule has 17 heavy (non-hydrogen) atoms. The van der Waals surface area contributed by atoms with Crippen molar-refractivity contribution in [2.24, 2.45) is 5.92 Å². The van der Waals surface area contributed by atoms with Gasteiger partial charge in [0.1, 0.15) is 0 Å². The van der Waals surface area contributed by atoms with E-state index in [0.717, 1.165) is 0 Å². The number of hydrogen-bond donors (Lipinski definition) is 1. The number of amides is 1. The lowest BCUT2D eigenvalue weighted by atomic mass is 10.1. The molecule has 1 aliphatic heterocycles. The Labute approximate surface area is 110 Å². The minimum absolute atomic E-state index is 0.0650. The lowest BCUT2D eigenvalue weighted by Crippen LogP contribution is -2.24. The molecule has 0 radical (unpaired) electrons. The zero-order valence-corrected chi connectivity index (χ0v) is 10.7. The molecule has 1 amide bonds. The van der Waals surface area contributed by atoms with E-state index in [9.17, 15) is 4.79 Å². The molecule has 1 fully saturated rings. The van der Waals surface area contributed by atoms with Crippen LogP contribution in [0.25, 0.3) is 0 Å². The molecule has 1 saturated heterocycles. The maximum absolute atomic E-state index is 11.8. The lowest BCUT2D eigenvalue weighted by molar-refractivity contribution is -0.117. The molecule has 0 aliphatic carbocycles. The Morgan fingerprint density at radius 2 is 2.29 bits per heavy atom. The molecular formula is C12H11ClN2OS. The predicted octanol–water partition coefficient (Wildman–Crippen LogP) is 2.49. The summed E-state index contributed by atoms with van der Waals surface area (Å²) in [5.41, 5.74) is 1.16. The largest absolute Gasteiger partial charge is 0.312 e. The van der Waals surface area contributed by atoms with E-state index in [1.54, 1.807) is 23.1 Å². The summed E-state index contributed by atoms with van der Waals surface area (Å²) in [7, 11) is 0. The Balaban J connectivity index is 2.32. The summed E-state index contributed by atoms with van der Waals surface area (Å²) >= 11 is 10.1. The molecule has 3 nitrogen and oxygen atoms in total. The summed E-state index contributed by atoms with van der Waals surface area (Å²) < 4.78 is 0. The van der Waals surface area contributed by atoms with Crippen molar-refractivity contribution >= 4 is 35.8 Å². The van der Waals surface area contributed by atoms with E-state index in [2.05, 4.69) is 12.6 Å². The number of thiol groups is 1. The monoisotopic (exact) mass is 266 g/mol. The molecule has 0 N–H and O–H groups in total. The van der Waals surface area contributed by atoms with Gasteiger partial charge in [-0.15, -0.1) is 0 Å². The van der Waals surface area contributed by atoms with E-state index in [0.29, 0.717) is 35.0 Å². The van der Waals surface area contributed by atoms with Crippen molar-refractivity contribution in [3.8, 4) is 6.07 Å². The first kappa shape index (κ1) is 12.3. The fourth-order valence-electron chi connectivity index (χ4n) is 1.95. The first-order valence-corrected chi connectivity index (χ1v) is 6.27. The highest BCUT2D eigenvalue weighted by atomic mass is 35.5. The average molecular weight is 267 g/mol. The van der Waals surface area contributed by atoms with Crippen LogP contribution in [-0.2, 0) is 4.79 Å². The topological polar surface area (TPSA) is 44.1 Å². The third-order valence-corrected chi connectivity index (χ3v) is 3.52. The van der Waals surface area contributed by atoms with E-state index < -0.39 is 0 Å². The summed E-state index contributed by atoms with van der Waals surface area (Å²) in [5, 5.41) is 9.34. The van der Waals surface area contributed by atoms with Crippen LogP contribution in [0.1, 0.15) is 12.0 Å². The highest BCUT2D eigenvalue weighted by Gasteiger charge is 2.29. The van der Waals surface area contributed by atoms with E-state index in [-0.39, 0.29) is 11.8 Å². The smallest absolute Gasteiger partial charge is 0.227 e. The summed E-state index contributed by atoms with van der Waals surface area (Å²) in [6.07, 6.45) is 0.512. The van der Waals surface area contributed by atoms with Gasteiger partial charge >= 0.3 is 0 Å². The van der Waals surface area contributed by atoms with E-state index in [4.69, 9.17) is 16.9 Å². The van der Waals surface area contributed by atoms with E-state index in [1.807, 2.05) is 6.07 Å². The van der Waals surface area contributed by atoms with Gasteiger partial charge in [0.15, 0.2) is 0 Å². The zero-order chi connectivity index (χ0) is 12.4. The number of nitriles is 1. The predicted molar refractivity (Wildman–Crippen MR) is 70.5 cm³/mol. The van der Waals surface area contributed by atoms with Crippen LogP contribution >= 0.6 is 24.2 Å². The van der Waals surface area contributed by atoms with Gasteiger partial charge in [-0.3, -0.25) is 4.79 Å². The summed E-state index contributed by atoms with van der Waals surface area (Å²) in [5.74, 6) is 1.03. The fraction of sp³-hybridized carbons (Fsp3) is 0.333. The van der Waals surface area contributed by atoms with Crippen molar-refractivity contribution in [1.82, 2.24) is 0 Å². The fourth-order valence-corrected chi connectivity index (χ4v) is 2.42. The van der Waals surface area contributed by atoms with Crippen LogP contribution in [0.4, 0.5) is 5.69 Å². The maximum Gasteiger partial charge on any atom is 0.227 e. The summed E-state index contributed by atoms with van der Waals surface area (Å²) in [6.45, 7) is 0.646. The van der Waals surface area contributed by atoms with Gasteiger partial charge in [0.05, 0.1) is 11.6 Å². The molecule has 1 unspecified atom stereocenters. The minimum atomic E-state index is 0.0650. The van der Waals surface area contributed by atoms with Crippen LogP contribution in [0.3, 0.4) is 0 Å². The molecule has 1 heterocycles. The molecule has 2 rings (SSSR count). The van der Waals surface area contributed by atoms with Gasteiger partial charge in [-0.05, 0) is 29.9 Å². The summed E-state index contributed by atoms with van der Waals surface area (Å²) in [4.78, 5) is 13.5. The number of carbonyl (C=O) groups is 1. The van der Waals surface area contributed by atoms with Crippen LogP contribution in [0.2, 0.25) is 5.02 Å². The standard InChI is InChI=1S/C12H11ClN2OS/c13-10-1-8(5-14)2-11(4-10)15-6-9(7-17)3-12(15)16/h1-2,4,9,17H,3,6-7H2. The zero-order valence-electron chi connectivity index (χ0n) is 9.06. The van der Waals surface area contributed by atoms with Gasteiger partial charge in [0.25, 0.3) is 0 Å². The normalized spacial score (nSPS) is 19.5. The first-order chi connectivity index (χ1) is 8.13. The Morgan fingerprint density at radius 3 is 2.88 bits per heavy atom. The van der Waals surface area contributed by atoms with Crippen molar-refractivity contribution in [1.29, 1.82) is 5.26 Å². The van der Waals surface area contributed by atoms with Gasteiger partial charge in [0, 0.05) is 23.7 Å². The third kappa shape index (κ3) is 2.56. The number of anilines is 1. The molecule has 1 aromatic rings. The number of benzene rings is 1. The molecule has 0 bridgehead atoms. The van der Waals surface area contributed by atoms with Crippen molar-refractivity contribution in [3.63, 3.8) is 0 Å². The molecule has 1 aliphatic rings. The first-order valence-electron chi connectivity index (χ1n) is 5.26. The second-order valence-corrected chi connectivity index (χ2v) is 4.87. The van der Waals surface area contributed by atoms with Gasteiger partial charge in [0.2, 0.25) is 5.91 Å². The van der Waals surface area contributed by atoms with Gasteiger partial charge in [-0.1, -0.05) is 11.6 Å².